The normalized spacial score (nSPS) is 14.2. The van der Waals surface area contributed by atoms with Gasteiger partial charge >= 0.3 is 5.97 Å². The van der Waals surface area contributed by atoms with Crippen molar-refractivity contribution in [2.45, 2.75) is 19.4 Å². The molecule has 1 aliphatic rings. The van der Waals surface area contributed by atoms with Gasteiger partial charge in [-0.05, 0) is 79.1 Å². The van der Waals surface area contributed by atoms with Crippen LogP contribution in [0.25, 0.3) is 0 Å². The Labute approximate surface area is 228 Å². The summed E-state index contributed by atoms with van der Waals surface area (Å²) < 4.78 is 33.0. The topological polar surface area (TPSA) is 92.8 Å². The molecule has 0 fully saturated rings. The predicted octanol–water partition coefficient (Wildman–Crippen LogP) is 4.72. The van der Waals surface area contributed by atoms with E-state index in [2.05, 4.69) is 0 Å². The average molecular weight is 536 g/mol. The first-order valence-electron chi connectivity index (χ1n) is 12.6. The van der Waals surface area contributed by atoms with Crippen molar-refractivity contribution in [2.75, 3.05) is 48.2 Å². The molecule has 3 aromatic rings. The molecule has 0 unspecified atom stereocenters. The molecular formula is C30H33NO8. The predicted molar refractivity (Wildman–Crippen MR) is 144 cm³/mol. The van der Waals surface area contributed by atoms with Gasteiger partial charge in [0.2, 0.25) is 0 Å². The number of carbonyl (C=O) groups is 2. The van der Waals surface area contributed by atoms with E-state index in [0.717, 1.165) is 11.1 Å². The highest BCUT2D eigenvalue weighted by atomic mass is 16.5. The molecule has 9 nitrogen and oxygen atoms in total. The molecule has 1 amide bonds. The Bertz CT molecular complexity index is 1320. The van der Waals surface area contributed by atoms with Gasteiger partial charge in [0, 0.05) is 12.1 Å². The van der Waals surface area contributed by atoms with Crippen LogP contribution in [0.15, 0.2) is 54.6 Å². The minimum atomic E-state index is -0.418. The van der Waals surface area contributed by atoms with Gasteiger partial charge in [-0.2, -0.15) is 0 Å². The van der Waals surface area contributed by atoms with Crippen molar-refractivity contribution < 1.29 is 38.0 Å². The number of carbonyl (C=O) groups excluding carboxylic acids is 2. The van der Waals surface area contributed by atoms with Gasteiger partial charge in [-0.25, -0.2) is 4.79 Å². The highest BCUT2D eigenvalue weighted by Gasteiger charge is 2.33. The molecule has 4 rings (SSSR count). The Balaban J connectivity index is 1.66. The summed E-state index contributed by atoms with van der Waals surface area (Å²) in [5, 5.41) is 0. The van der Waals surface area contributed by atoms with Gasteiger partial charge < -0.3 is 33.3 Å². The maximum Gasteiger partial charge on any atom is 0.338 e. The zero-order valence-electron chi connectivity index (χ0n) is 22.8. The molecule has 1 atom stereocenters. The van der Waals surface area contributed by atoms with E-state index < -0.39 is 12.0 Å². The van der Waals surface area contributed by atoms with Gasteiger partial charge in [0.15, 0.2) is 23.0 Å². The zero-order valence-corrected chi connectivity index (χ0v) is 22.8. The van der Waals surface area contributed by atoms with Crippen LogP contribution >= 0.6 is 0 Å². The molecule has 1 heterocycles. The number of esters is 1. The SMILES string of the molecule is CCOC(=O)c1ccc(OC[C@H]2c3cc(OC)c(OC)cc3CCN2C(=O)c2ccc(OC)c(OC)c2)cc1. The van der Waals surface area contributed by atoms with E-state index in [1.807, 2.05) is 12.1 Å². The maximum absolute atomic E-state index is 13.8. The molecule has 0 bridgehead atoms. The monoisotopic (exact) mass is 535 g/mol. The number of methoxy groups -OCH3 is 4. The number of benzene rings is 3. The van der Waals surface area contributed by atoms with Crippen LogP contribution in [0.4, 0.5) is 0 Å². The second kappa shape index (κ2) is 12.4. The van der Waals surface area contributed by atoms with Crippen LogP contribution in [0.5, 0.6) is 28.7 Å². The lowest BCUT2D eigenvalue weighted by Gasteiger charge is -2.37. The molecule has 1 aliphatic heterocycles. The van der Waals surface area contributed by atoms with Crippen molar-refractivity contribution in [3.63, 3.8) is 0 Å². The Kier molecular flexibility index (Phi) is 8.81. The lowest BCUT2D eigenvalue weighted by Crippen LogP contribution is -2.42. The van der Waals surface area contributed by atoms with Crippen LogP contribution in [0.2, 0.25) is 0 Å². The second-order valence-corrected chi connectivity index (χ2v) is 8.80. The van der Waals surface area contributed by atoms with E-state index in [9.17, 15) is 9.59 Å². The summed E-state index contributed by atoms with van der Waals surface area (Å²) in [6.07, 6.45) is 0.638. The van der Waals surface area contributed by atoms with Gasteiger partial charge in [0.25, 0.3) is 5.91 Å². The van der Waals surface area contributed by atoms with Crippen molar-refractivity contribution in [1.82, 2.24) is 4.90 Å². The van der Waals surface area contributed by atoms with Crippen LogP contribution in [0.3, 0.4) is 0 Å². The Morgan fingerprint density at radius 2 is 1.41 bits per heavy atom. The summed E-state index contributed by atoms with van der Waals surface area (Å²) in [6, 6.07) is 15.3. The van der Waals surface area contributed by atoms with E-state index in [1.165, 1.54) is 7.11 Å². The number of nitrogens with zero attached hydrogens (tertiary/aromatic N) is 1. The van der Waals surface area contributed by atoms with Gasteiger partial charge in [-0.15, -0.1) is 0 Å². The number of fused-ring (bicyclic) bond motifs is 1. The molecule has 0 N–H and O–H groups in total. The summed E-state index contributed by atoms with van der Waals surface area (Å²) >= 11 is 0. The third-order valence-electron chi connectivity index (χ3n) is 6.67. The largest absolute Gasteiger partial charge is 0.493 e. The Morgan fingerprint density at radius 1 is 0.795 bits per heavy atom. The molecule has 0 aromatic heterocycles. The smallest absolute Gasteiger partial charge is 0.338 e. The average Bonchev–Trinajstić information content (AvgIpc) is 2.98. The molecule has 39 heavy (non-hydrogen) atoms. The quantitative estimate of drug-likeness (QED) is 0.345. The van der Waals surface area contributed by atoms with Crippen molar-refractivity contribution in [3.05, 3.63) is 76.9 Å². The molecular weight excluding hydrogens is 502 g/mol. The van der Waals surface area contributed by atoms with Crippen molar-refractivity contribution in [2.24, 2.45) is 0 Å². The van der Waals surface area contributed by atoms with Crippen LogP contribution < -0.4 is 23.7 Å². The van der Waals surface area contributed by atoms with E-state index in [4.69, 9.17) is 28.4 Å². The second-order valence-electron chi connectivity index (χ2n) is 8.80. The zero-order chi connectivity index (χ0) is 27.9. The number of amides is 1. The minimum absolute atomic E-state index is 0.164. The van der Waals surface area contributed by atoms with Gasteiger partial charge in [0.1, 0.15) is 12.4 Å². The summed E-state index contributed by atoms with van der Waals surface area (Å²) in [5.74, 6) is 2.23. The molecule has 3 aromatic carbocycles. The fourth-order valence-electron chi connectivity index (χ4n) is 4.66. The van der Waals surface area contributed by atoms with Crippen molar-refractivity contribution in [3.8, 4) is 28.7 Å². The van der Waals surface area contributed by atoms with E-state index in [0.29, 0.717) is 59.4 Å². The summed E-state index contributed by atoms with van der Waals surface area (Å²) in [6.45, 7) is 2.72. The summed E-state index contributed by atoms with van der Waals surface area (Å²) in [4.78, 5) is 27.6. The van der Waals surface area contributed by atoms with E-state index >= 15 is 0 Å². The van der Waals surface area contributed by atoms with Crippen molar-refractivity contribution in [1.29, 1.82) is 0 Å². The third-order valence-corrected chi connectivity index (χ3v) is 6.67. The van der Waals surface area contributed by atoms with Crippen LogP contribution in [-0.2, 0) is 11.2 Å². The van der Waals surface area contributed by atoms with Crippen LogP contribution in [-0.4, -0.2) is 65.0 Å². The van der Waals surface area contributed by atoms with E-state index in [-0.39, 0.29) is 12.5 Å². The molecule has 0 aliphatic carbocycles. The van der Waals surface area contributed by atoms with Crippen molar-refractivity contribution >= 4 is 11.9 Å². The first-order valence-corrected chi connectivity index (χ1v) is 12.6. The Hall–Kier alpha value is -4.40. The van der Waals surface area contributed by atoms with E-state index in [1.54, 1.807) is 75.6 Å². The Morgan fingerprint density at radius 3 is 2.05 bits per heavy atom. The lowest BCUT2D eigenvalue weighted by molar-refractivity contribution is 0.0524. The fraction of sp³-hybridized carbons (Fsp3) is 0.333. The van der Waals surface area contributed by atoms with Gasteiger partial charge in [-0.3, -0.25) is 4.79 Å². The third kappa shape index (κ3) is 5.87. The first kappa shape index (κ1) is 27.6. The molecule has 0 saturated carbocycles. The van der Waals surface area contributed by atoms with Gasteiger partial charge in [0.05, 0.1) is 46.7 Å². The number of hydrogen-bond donors (Lipinski definition) is 0. The fourth-order valence-corrected chi connectivity index (χ4v) is 4.66. The molecule has 0 saturated heterocycles. The standard InChI is InChI=1S/C30H33NO8/c1-6-38-30(33)19-7-10-22(11-8-19)39-18-24-23-17-28(37-5)27(36-4)15-20(23)13-14-31(24)29(32)21-9-12-25(34-2)26(16-21)35-3/h7-12,15-17,24H,6,13-14,18H2,1-5H3/t24-/m0/s1. The highest BCUT2D eigenvalue weighted by molar-refractivity contribution is 5.95. The van der Waals surface area contributed by atoms with Gasteiger partial charge in [-0.1, -0.05) is 0 Å². The minimum Gasteiger partial charge on any atom is -0.493 e. The molecule has 0 radical (unpaired) electrons. The summed E-state index contributed by atoms with van der Waals surface area (Å²) in [7, 11) is 6.26. The number of hydrogen-bond acceptors (Lipinski definition) is 8. The number of rotatable bonds is 10. The number of ether oxygens (including phenoxy) is 6. The summed E-state index contributed by atoms with van der Waals surface area (Å²) in [5.41, 5.74) is 2.88. The van der Waals surface area contributed by atoms with Crippen LogP contribution in [0.1, 0.15) is 44.8 Å². The molecule has 0 spiro atoms. The lowest BCUT2D eigenvalue weighted by atomic mass is 9.91. The molecule has 206 valence electrons. The molecule has 9 heteroatoms. The maximum atomic E-state index is 13.8. The first-order chi connectivity index (χ1) is 18.9. The van der Waals surface area contributed by atoms with Crippen LogP contribution in [0, 0.1) is 0 Å². The highest BCUT2D eigenvalue weighted by Crippen LogP contribution is 2.39.